The first-order chi connectivity index (χ1) is 15.1. The summed E-state index contributed by atoms with van der Waals surface area (Å²) in [7, 11) is 0.995. The third-order valence-electron chi connectivity index (χ3n) is 6.47. The zero-order valence-electron chi connectivity index (χ0n) is 19.8. The van der Waals surface area contributed by atoms with E-state index in [0.29, 0.717) is 11.3 Å². The number of likely N-dealkylation sites (tertiary alicyclic amines) is 1. The summed E-state index contributed by atoms with van der Waals surface area (Å²) in [6.45, 7) is 7.94. The van der Waals surface area contributed by atoms with Gasteiger partial charge in [-0.05, 0) is 69.8 Å². The minimum Gasteiger partial charge on any atom is -0.497 e. The number of benzene rings is 1. The van der Waals surface area contributed by atoms with Gasteiger partial charge in [0, 0.05) is 34.4 Å². The zero-order chi connectivity index (χ0) is 22.1. The number of rotatable bonds is 9. The van der Waals surface area contributed by atoms with Gasteiger partial charge in [0.25, 0.3) is 0 Å². The predicted octanol–water partition coefficient (Wildman–Crippen LogP) is 4.09. The van der Waals surface area contributed by atoms with Crippen LogP contribution >= 0.6 is 24.0 Å². The fraction of sp³-hybridized carbons (Fsp3) is 0.708. The molecule has 182 valence electrons. The Balaban J connectivity index is 0.00000363. The quantitative estimate of drug-likeness (QED) is 0.264. The maximum Gasteiger partial charge on any atom is 0.191 e. The second-order valence-electron chi connectivity index (χ2n) is 8.55. The van der Waals surface area contributed by atoms with Crippen LogP contribution in [0.15, 0.2) is 29.3 Å². The van der Waals surface area contributed by atoms with E-state index < -0.39 is 10.8 Å². The summed E-state index contributed by atoms with van der Waals surface area (Å²) < 4.78 is 17.7. The number of guanidine groups is 1. The van der Waals surface area contributed by atoms with Crippen LogP contribution in [0.25, 0.3) is 0 Å². The van der Waals surface area contributed by atoms with Crippen molar-refractivity contribution in [3.05, 3.63) is 29.8 Å². The summed E-state index contributed by atoms with van der Waals surface area (Å²) in [5.41, 5.74) is 1.29. The molecule has 0 radical (unpaired) electrons. The molecule has 0 aromatic heterocycles. The number of halogens is 1. The van der Waals surface area contributed by atoms with Gasteiger partial charge in [-0.2, -0.15) is 0 Å². The molecule has 32 heavy (non-hydrogen) atoms. The van der Waals surface area contributed by atoms with Gasteiger partial charge in [-0.3, -0.25) is 14.1 Å². The lowest BCUT2D eigenvalue weighted by atomic mass is 9.95. The third kappa shape index (κ3) is 7.87. The minimum absolute atomic E-state index is 0. The Morgan fingerprint density at radius 3 is 2.53 bits per heavy atom. The molecule has 1 heterocycles. The number of aliphatic imine (C=N–C) groups is 1. The van der Waals surface area contributed by atoms with E-state index >= 15 is 0 Å². The molecule has 0 bridgehead atoms. The average molecular weight is 577 g/mol. The molecule has 1 saturated heterocycles. The molecule has 1 saturated carbocycles. The summed E-state index contributed by atoms with van der Waals surface area (Å²) in [5.74, 6) is 2.53. The zero-order valence-corrected chi connectivity index (χ0v) is 23.0. The van der Waals surface area contributed by atoms with Crippen LogP contribution in [-0.2, 0) is 10.8 Å². The van der Waals surface area contributed by atoms with Crippen molar-refractivity contribution in [2.24, 2.45) is 4.99 Å². The van der Waals surface area contributed by atoms with Gasteiger partial charge in [0.05, 0.1) is 19.7 Å². The number of hydrogen-bond donors (Lipinski definition) is 2. The van der Waals surface area contributed by atoms with Crippen LogP contribution in [0, 0.1) is 0 Å². The molecule has 1 aromatic carbocycles. The first-order valence-electron chi connectivity index (χ1n) is 11.9. The van der Waals surface area contributed by atoms with E-state index in [1.54, 1.807) is 7.11 Å². The van der Waals surface area contributed by atoms with Crippen molar-refractivity contribution < 1.29 is 8.95 Å². The maximum atomic E-state index is 12.3. The molecule has 6 nitrogen and oxygen atoms in total. The molecule has 0 spiro atoms. The van der Waals surface area contributed by atoms with Crippen LogP contribution in [0.2, 0.25) is 0 Å². The Hall–Kier alpha value is -0.870. The lowest BCUT2D eigenvalue weighted by molar-refractivity contribution is 0.251. The van der Waals surface area contributed by atoms with Gasteiger partial charge >= 0.3 is 0 Å². The van der Waals surface area contributed by atoms with E-state index in [0.717, 1.165) is 69.3 Å². The summed E-state index contributed by atoms with van der Waals surface area (Å²) in [4.78, 5) is 7.56. The number of nitrogens with zero attached hydrogens (tertiary/aromatic N) is 2. The van der Waals surface area contributed by atoms with E-state index in [9.17, 15) is 4.21 Å². The Labute approximate surface area is 213 Å². The molecule has 1 aromatic rings. The van der Waals surface area contributed by atoms with E-state index in [-0.39, 0.29) is 30.0 Å². The van der Waals surface area contributed by atoms with Crippen molar-refractivity contribution in [3.63, 3.8) is 0 Å². The van der Waals surface area contributed by atoms with Gasteiger partial charge in [0.1, 0.15) is 5.75 Å². The van der Waals surface area contributed by atoms with Crippen molar-refractivity contribution in [1.29, 1.82) is 0 Å². The fourth-order valence-electron chi connectivity index (χ4n) is 4.75. The van der Waals surface area contributed by atoms with Crippen molar-refractivity contribution in [2.75, 3.05) is 39.0 Å². The SMILES string of the molecule is CCNC(=NCC(c1ccc(OC)cc1)N1CCCC1)NC1CCCC(S(=O)CC)C1.I. The third-order valence-corrected chi connectivity index (χ3v) is 8.21. The molecule has 2 aliphatic rings. The highest BCUT2D eigenvalue weighted by Crippen LogP contribution is 2.27. The monoisotopic (exact) mass is 576 g/mol. The van der Waals surface area contributed by atoms with Crippen molar-refractivity contribution in [3.8, 4) is 5.75 Å². The van der Waals surface area contributed by atoms with E-state index in [1.807, 2.05) is 19.1 Å². The normalized spacial score (nSPS) is 23.8. The Bertz CT molecular complexity index is 725. The predicted molar refractivity (Wildman–Crippen MR) is 146 cm³/mol. The van der Waals surface area contributed by atoms with Gasteiger partial charge < -0.3 is 15.4 Å². The summed E-state index contributed by atoms with van der Waals surface area (Å²) in [6, 6.07) is 9.05. The van der Waals surface area contributed by atoms with Gasteiger partial charge in [-0.1, -0.05) is 25.5 Å². The molecule has 3 rings (SSSR count). The molecule has 1 aliphatic carbocycles. The lowest BCUT2D eigenvalue weighted by Crippen LogP contribution is -2.47. The van der Waals surface area contributed by atoms with Crippen LogP contribution in [0.3, 0.4) is 0 Å². The minimum atomic E-state index is -0.711. The maximum absolute atomic E-state index is 12.3. The molecule has 0 amide bonds. The fourth-order valence-corrected chi connectivity index (χ4v) is 6.10. The van der Waals surface area contributed by atoms with Gasteiger partial charge in [-0.25, -0.2) is 0 Å². The van der Waals surface area contributed by atoms with Crippen LogP contribution in [0.4, 0.5) is 0 Å². The van der Waals surface area contributed by atoms with Crippen LogP contribution < -0.4 is 15.4 Å². The first-order valence-corrected chi connectivity index (χ1v) is 13.3. The van der Waals surface area contributed by atoms with E-state index in [4.69, 9.17) is 9.73 Å². The van der Waals surface area contributed by atoms with Crippen LogP contribution in [0.1, 0.15) is 64.0 Å². The number of hydrogen-bond acceptors (Lipinski definition) is 4. The Morgan fingerprint density at radius 1 is 1.19 bits per heavy atom. The molecule has 2 fully saturated rings. The highest BCUT2D eigenvalue weighted by molar-refractivity contribution is 14.0. The van der Waals surface area contributed by atoms with Crippen LogP contribution in [0.5, 0.6) is 5.75 Å². The summed E-state index contributed by atoms with van der Waals surface area (Å²) in [6.07, 6.45) is 6.82. The molecule has 4 atom stereocenters. The molecule has 1 aliphatic heterocycles. The number of nitrogens with one attached hydrogen (secondary N) is 2. The van der Waals surface area contributed by atoms with Crippen molar-refractivity contribution in [1.82, 2.24) is 15.5 Å². The van der Waals surface area contributed by atoms with E-state index in [2.05, 4.69) is 34.6 Å². The molecule has 8 heteroatoms. The summed E-state index contributed by atoms with van der Waals surface area (Å²) >= 11 is 0. The van der Waals surface area contributed by atoms with E-state index in [1.165, 1.54) is 18.4 Å². The second-order valence-corrected chi connectivity index (χ2v) is 10.6. The van der Waals surface area contributed by atoms with Crippen LogP contribution in [-0.4, -0.2) is 65.4 Å². The smallest absolute Gasteiger partial charge is 0.191 e. The highest BCUT2D eigenvalue weighted by Gasteiger charge is 2.27. The second kappa shape index (κ2) is 14.4. The molecule has 2 N–H and O–H groups in total. The highest BCUT2D eigenvalue weighted by atomic mass is 127. The average Bonchev–Trinajstić information content (AvgIpc) is 3.34. The molecule has 4 unspecified atom stereocenters. The first kappa shape index (κ1) is 27.4. The van der Waals surface area contributed by atoms with Crippen molar-refractivity contribution >= 4 is 40.7 Å². The summed E-state index contributed by atoms with van der Waals surface area (Å²) in [5, 5.41) is 7.39. The largest absolute Gasteiger partial charge is 0.497 e. The number of methoxy groups -OCH3 is 1. The van der Waals surface area contributed by atoms with Gasteiger partial charge in [-0.15, -0.1) is 24.0 Å². The van der Waals surface area contributed by atoms with Gasteiger partial charge in [0.15, 0.2) is 5.96 Å². The van der Waals surface area contributed by atoms with Gasteiger partial charge in [0.2, 0.25) is 0 Å². The molecular weight excluding hydrogens is 535 g/mol. The Kier molecular flexibility index (Phi) is 12.3. The topological polar surface area (TPSA) is 66.0 Å². The standard InChI is InChI=1S/C24H40N4O2S.HI/c1-4-25-24(27-20-9-8-10-22(17-20)31(29)5-2)26-18-23(28-15-6-7-16-28)19-11-13-21(30-3)14-12-19;/h11-14,20,22-23H,4-10,15-18H2,1-3H3,(H2,25,26,27);1H. The lowest BCUT2D eigenvalue weighted by Gasteiger charge is -2.31. The number of ether oxygens (including phenoxy) is 1. The molecular formula is C24H41IN4O2S. The Morgan fingerprint density at radius 2 is 1.91 bits per heavy atom. The van der Waals surface area contributed by atoms with Crippen molar-refractivity contribution in [2.45, 2.75) is 69.7 Å².